The molecule has 3 nitrogen and oxygen atoms in total. The Hall–Kier alpha value is -1.12. The van der Waals surface area contributed by atoms with E-state index in [0.717, 1.165) is 5.39 Å². The van der Waals surface area contributed by atoms with Crippen LogP contribution in [-0.2, 0) is 0 Å². The fraction of sp³-hybridized carbons (Fsp3) is 0.111. The Labute approximate surface area is 80.9 Å². The van der Waals surface area contributed by atoms with Crippen LogP contribution in [0.15, 0.2) is 24.3 Å². The Morgan fingerprint density at radius 2 is 2.15 bits per heavy atom. The second kappa shape index (κ2) is 2.98. The first-order valence-corrected chi connectivity index (χ1v) is 5.53. The van der Waals surface area contributed by atoms with Gasteiger partial charge in [-0.05, 0) is 0 Å². The third-order valence-corrected chi connectivity index (χ3v) is 4.00. The van der Waals surface area contributed by atoms with Gasteiger partial charge in [-0.25, -0.2) is 0 Å². The molecular weight excluding hydrogens is 233 g/mol. The molecule has 0 spiro atoms. The number of non-ortho nitro benzene ring substituents is 1. The van der Waals surface area contributed by atoms with Crippen molar-refractivity contribution in [2.45, 2.75) is 6.92 Å². The molecule has 0 saturated carbocycles. The molecule has 13 heavy (non-hydrogen) atoms. The van der Waals surface area contributed by atoms with Crippen LogP contribution in [0.25, 0.3) is 9.65 Å². The van der Waals surface area contributed by atoms with E-state index in [1.54, 1.807) is 12.1 Å². The normalized spacial score (nSPS) is 10.5. The number of benzene rings is 1. The van der Waals surface area contributed by atoms with Crippen molar-refractivity contribution in [2.75, 3.05) is 0 Å². The number of nitrogens with zero attached hydrogens (tertiary/aromatic N) is 1. The standard InChI is InChI=1S/C9H7NO2Se/c1-6-4-7-5-8(10(11)12)2-3-9(7)13-6/h2-5H,1H3. The molecule has 0 fully saturated rings. The molecule has 0 amide bonds. The molecule has 0 radical (unpaired) electrons. The van der Waals surface area contributed by atoms with Crippen molar-refractivity contribution in [3.05, 3.63) is 38.8 Å². The van der Waals surface area contributed by atoms with E-state index in [-0.39, 0.29) is 10.6 Å². The second-order valence-electron chi connectivity index (χ2n) is 2.84. The predicted molar refractivity (Wildman–Crippen MR) is 52.3 cm³/mol. The van der Waals surface area contributed by atoms with Gasteiger partial charge in [0.05, 0.1) is 0 Å². The first kappa shape index (κ1) is 8.48. The van der Waals surface area contributed by atoms with Gasteiger partial charge in [-0.1, -0.05) is 0 Å². The van der Waals surface area contributed by atoms with Crippen molar-refractivity contribution in [1.82, 2.24) is 0 Å². The molecule has 0 aliphatic rings. The number of hydrogen-bond donors (Lipinski definition) is 0. The predicted octanol–water partition coefficient (Wildman–Crippen LogP) is 2.11. The molecule has 1 aromatic heterocycles. The summed E-state index contributed by atoms with van der Waals surface area (Å²) in [5, 5.41) is 11.5. The van der Waals surface area contributed by atoms with Crippen molar-refractivity contribution in [3.8, 4) is 0 Å². The van der Waals surface area contributed by atoms with Gasteiger partial charge in [0.2, 0.25) is 0 Å². The quantitative estimate of drug-likeness (QED) is 0.435. The average Bonchev–Trinajstić information content (AvgIpc) is 2.42. The summed E-state index contributed by atoms with van der Waals surface area (Å²) in [7, 11) is 0. The average molecular weight is 240 g/mol. The zero-order valence-electron chi connectivity index (χ0n) is 6.98. The maximum absolute atomic E-state index is 10.5. The van der Waals surface area contributed by atoms with Gasteiger partial charge in [-0.2, -0.15) is 0 Å². The van der Waals surface area contributed by atoms with Crippen LogP contribution in [0.3, 0.4) is 0 Å². The number of fused-ring (bicyclic) bond motifs is 1. The monoisotopic (exact) mass is 241 g/mol. The van der Waals surface area contributed by atoms with Crippen LogP contribution < -0.4 is 0 Å². The topological polar surface area (TPSA) is 43.1 Å². The fourth-order valence-corrected chi connectivity index (χ4v) is 3.17. The summed E-state index contributed by atoms with van der Waals surface area (Å²) in [6, 6.07) is 7.11. The van der Waals surface area contributed by atoms with E-state index in [1.807, 2.05) is 12.1 Å². The van der Waals surface area contributed by atoms with E-state index in [1.165, 1.54) is 8.70 Å². The molecule has 0 aliphatic carbocycles. The summed E-state index contributed by atoms with van der Waals surface area (Å²) < 4.78 is 2.57. The zero-order chi connectivity index (χ0) is 9.42. The van der Waals surface area contributed by atoms with Crippen LogP contribution in [0.5, 0.6) is 0 Å². The molecule has 2 aromatic rings. The first-order valence-electron chi connectivity index (χ1n) is 3.81. The van der Waals surface area contributed by atoms with Gasteiger partial charge in [0.15, 0.2) is 0 Å². The van der Waals surface area contributed by atoms with Crippen LogP contribution in [0.1, 0.15) is 4.44 Å². The summed E-state index contributed by atoms with van der Waals surface area (Å²) in [5.74, 6) is 0. The molecule has 0 bridgehead atoms. The Morgan fingerprint density at radius 1 is 1.38 bits per heavy atom. The number of nitro groups is 1. The van der Waals surface area contributed by atoms with Gasteiger partial charge in [-0.15, -0.1) is 0 Å². The van der Waals surface area contributed by atoms with E-state index in [0.29, 0.717) is 14.5 Å². The Morgan fingerprint density at radius 3 is 2.85 bits per heavy atom. The Bertz CT molecular complexity index is 475. The molecule has 0 saturated heterocycles. The van der Waals surface area contributed by atoms with Gasteiger partial charge in [0.1, 0.15) is 0 Å². The molecule has 0 aliphatic heterocycles. The minimum atomic E-state index is -0.352. The number of hydrogen-bond acceptors (Lipinski definition) is 2. The molecule has 2 rings (SSSR count). The molecular formula is C9H7NO2Se. The number of rotatable bonds is 1. The molecule has 0 unspecified atom stereocenters. The zero-order valence-corrected chi connectivity index (χ0v) is 8.69. The molecule has 1 heterocycles. The fourth-order valence-electron chi connectivity index (χ4n) is 1.28. The van der Waals surface area contributed by atoms with Crippen LogP contribution >= 0.6 is 0 Å². The van der Waals surface area contributed by atoms with Crippen LogP contribution in [0.4, 0.5) is 5.69 Å². The van der Waals surface area contributed by atoms with Gasteiger partial charge in [0.25, 0.3) is 0 Å². The van der Waals surface area contributed by atoms with Gasteiger partial charge in [-0.3, -0.25) is 0 Å². The molecule has 0 N–H and O–H groups in total. The van der Waals surface area contributed by atoms with Crippen molar-refractivity contribution >= 4 is 29.8 Å². The van der Waals surface area contributed by atoms with E-state index in [9.17, 15) is 10.1 Å². The van der Waals surface area contributed by atoms with Crippen molar-refractivity contribution < 1.29 is 4.92 Å². The van der Waals surface area contributed by atoms with Crippen LogP contribution in [-0.4, -0.2) is 19.4 Å². The molecule has 66 valence electrons. The summed E-state index contributed by atoms with van der Waals surface area (Å²) in [4.78, 5) is 10.1. The van der Waals surface area contributed by atoms with Crippen LogP contribution in [0.2, 0.25) is 0 Å². The van der Waals surface area contributed by atoms with Gasteiger partial charge >= 0.3 is 80.5 Å². The van der Waals surface area contributed by atoms with Gasteiger partial charge in [0, 0.05) is 0 Å². The third kappa shape index (κ3) is 1.50. The molecule has 1 aromatic carbocycles. The van der Waals surface area contributed by atoms with Gasteiger partial charge < -0.3 is 0 Å². The number of nitro benzene ring substituents is 1. The Balaban J connectivity index is 2.67. The second-order valence-corrected chi connectivity index (χ2v) is 5.54. The first-order chi connectivity index (χ1) is 6.16. The summed E-state index contributed by atoms with van der Waals surface area (Å²) in [5.41, 5.74) is 0.181. The van der Waals surface area contributed by atoms with Crippen molar-refractivity contribution in [2.24, 2.45) is 0 Å². The van der Waals surface area contributed by atoms with E-state index < -0.39 is 0 Å². The number of aryl methyl sites for hydroxylation is 1. The maximum atomic E-state index is 10.5. The van der Waals surface area contributed by atoms with Crippen molar-refractivity contribution in [1.29, 1.82) is 0 Å². The Kier molecular flexibility index (Phi) is 1.94. The van der Waals surface area contributed by atoms with E-state index >= 15 is 0 Å². The molecule has 4 heteroatoms. The van der Waals surface area contributed by atoms with E-state index in [2.05, 4.69) is 6.92 Å². The minimum absolute atomic E-state index is 0.181. The third-order valence-electron chi connectivity index (χ3n) is 1.83. The molecule has 0 atom stereocenters. The summed E-state index contributed by atoms with van der Waals surface area (Å²) >= 11 is 0.379. The SMILES string of the molecule is Cc1cc2cc([N+](=O)[O-])ccc2[se]1. The summed E-state index contributed by atoms with van der Waals surface area (Å²) in [6.45, 7) is 2.06. The van der Waals surface area contributed by atoms with Crippen LogP contribution in [0, 0.1) is 17.0 Å². The van der Waals surface area contributed by atoms with E-state index in [4.69, 9.17) is 0 Å². The van der Waals surface area contributed by atoms with Crippen molar-refractivity contribution in [3.63, 3.8) is 0 Å². The summed E-state index contributed by atoms with van der Waals surface area (Å²) in [6.07, 6.45) is 0.